The van der Waals surface area contributed by atoms with E-state index in [4.69, 9.17) is 9.47 Å². The van der Waals surface area contributed by atoms with Crippen LogP contribution in [0.5, 0.6) is 11.5 Å². The molecule has 1 aliphatic rings. The highest BCUT2D eigenvalue weighted by molar-refractivity contribution is 5.71. The van der Waals surface area contributed by atoms with Crippen molar-refractivity contribution in [1.82, 2.24) is 0 Å². The van der Waals surface area contributed by atoms with Crippen LogP contribution in [-0.2, 0) is 0 Å². The van der Waals surface area contributed by atoms with Gasteiger partial charge in [-0.1, -0.05) is 30.3 Å². The summed E-state index contributed by atoms with van der Waals surface area (Å²) in [6.07, 6.45) is 6.50. The average Bonchev–Trinajstić information content (AvgIpc) is 2.86. The molecule has 0 spiro atoms. The molecule has 2 nitrogen and oxygen atoms in total. The first-order chi connectivity index (χ1) is 16.5. The number of ether oxygens (including phenoxy) is 2. The Morgan fingerprint density at radius 1 is 0.824 bits per heavy atom. The molecule has 0 aliphatic heterocycles. The third-order valence-corrected chi connectivity index (χ3v) is 6.50. The highest BCUT2D eigenvalue weighted by Crippen LogP contribution is 2.33. The molecule has 0 bridgehead atoms. The summed E-state index contributed by atoms with van der Waals surface area (Å²) in [6, 6.07) is 14.4. The summed E-state index contributed by atoms with van der Waals surface area (Å²) in [5.74, 6) is -0.893. The smallest absolute Gasteiger partial charge is 0.201 e. The normalized spacial score (nSPS) is 17.9. The fourth-order valence-electron chi connectivity index (χ4n) is 4.48. The van der Waals surface area contributed by atoms with E-state index in [1.165, 1.54) is 18.2 Å². The minimum atomic E-state index is -1.01. The minimum absolute atomic E-state index is 0.116. The van der Waals surface area contributed by atoms with Crippen LogP contribution in [0.15, 0.2) is 67.3 Å². The first-order valence-corrected chi connectivity index (χ1v) is 11.8. The fraction of sp³-hybridized carbons (Fsp3) is 0.310. The van der Waals surface area contributed by atoms with Gasteiger partial charge in [0, 0.05) is 17.2 Å². The van der Waals surface area contributed by atoms with E-state index in [9.17, 15) is 13.2 Å². The molecule has 0 heterocycles. The lowest BCUT2D eigenvalue weighted by Gasteiger charge is -2.26. The van der Waals surface area contributed by atoms with Crippen molar-refractivity contribution in [3.63, 3.8) is 0 Å². The van der Waals surface area contributed by atoms with Gasteiger partial charge in [-0.15, -0.1) is 6.58 Å². The molecule has 0 radical (unpaired) electrons. The van der Waals surface area contributed by atoms with Gasteiger partial charge in [0.2, 0.25) is 5.82 Å². The van der Waals surface area contributed by atoms with Gasteiger partial charge >= 0.3 is 0 Å². The predicted molar refractivity (Wildman–Crippen MR) is 129 cm³/mol. The standard InChI is InChI=1S/C29H29F3O2/c1-3-19-5-7-20(8-6-19)18-34-23-13-14-24(26(30)17-23)21-9-11-22(12-10-21)25-15-16-27(33-4-2)29(32)28(25)31/h3,9-17,19-20H,1,4-8,18H2,2H3. The molecule has 1 fully saturated rings. The van der Waals surface area contributed by atoms with Crippen molar-refractivity contribution in [2.24, 2.45) is 11.8 Å². The van der Waals surface area contributed by atoms with Crippen LogP contribution in [0, 0.1) is 29.3 Å². The van der Waals surface area contributed by atoms with Crippen molar-refractivity contribution in [3.05, 3.63) is 84.7 Å². The number of halogens is 3. The zero-order valence-electron chi connectivity index (χ0n) is 19.3. The second-order valence-electron chi connectivity index (χ2n) is 8.72. The molecule has 0 saturated heterocycles. The third kappa shape index (κ3) is 5.30. The number of hydrogen-bond donors (Lipinski definition) is 0. The number of rotatable bonds is 8. The summed E-state index contributed by atoms with van der Waals surface area (Å²) in [4.78, 5) is 0. The van der Waals surface area contributed by atoms with Crippen LogP contribution >= 0.6 is 0 Å². The predicted octanol–water partition coefficient (Wildman–Crippen LogP) is 8.21. The second-order valence-corrected chi connectivity index (χ2v) is 8.72. The topological polar surface area (TPSA) is 18.5 Å². The van der Waals surface area contributed by atoms with Crippen molar-refractivity contribution in [1.29, 1.82) is 0 Å². The molecule has 4 rings (SSSR count). The summed E-state index contributed by atoms with van der Waals surface area (Å²) >= 11 is 0. The molecule has 34 heavy (non-hydrogen) atoms. The molecule has 0 unspecified atom stereocenters. The molecular weight excluding hydrogens is 437 g/mol. The summed E-state index contributed by atoms with van der Waals surface area (Å²) in [7, 11) is 0. The van der Waals surface area contributed by atoms with Gasteiger partial charge in [0.25, 0.3) is 0 Å². The Balaban J connectivity index is 1.44. The fourth-order valence-corrected chi connectivity index (χ4v) is 4.48. The number of hydrogen-bond acceptors (Lipinski definition) is 2. The molecular formula is C29H29F3O2. The van der Waals surface area contributed by atoms with Crippen LogP contribution in [0.1, 0.15) is 32.6 Å². The Morgan fingerprint density at radius 3 is 2.09 bits per heavy atom. The van der Waals surface area contributed by atoms with E-state index in [1.54, 1.807) is 43.3 Å². The first-order valence-electron chi connectivity index (χ1n) is 11.8. The second kappa shape index (κ2) is 10.8. The highest BCUT2D eigenvalue weighted by Gasteiger charge is 2.20. The monoisotopic (exact) mass is 466 g/mol. The van der Waals surface area contributed by atoms with Gasteiger partial charge in [-0.2, -0.15) is 4.39 Å². The van der Waals surface area contributed by atoms with E-state index in [1.807, 2.05) is 6.08 Å². The van der Waals surface area contributed by atoms with Crippen molar-refractivity contribution < 1.29 is 22.6 Å². The lowest BCUT2D eigenvalue weighted by atomic mass is 9.82. The highest BCUT2D eigenvalue weighted by atomic mass is 19.2. The van der Waals surface area contributed by atoms with Crippen LogP contribution in [-0.4, -0.2) is 13.2 Å². The first kappa shape index (κ1) is 23.9. The van der Waals surface area contributed by atoms with Gasteiger partial charge < -0.3 is 9.47 Å². The summed E-state index contributed by atoms with van der Waals surface area (Å²) in [5, 5.41) is 0. The van der Waals surface area contributed by atoms with Gasteiger partial charge in [-0.3, -0.25) is 0 Å². The summed E-state index contributed by atoms with van der Waals surface area (Å²) in [5.41, 5.74) is 1.68. The lowest BCUT2D eigenvalue weighted by molar-refractivity contribution is 0.194. The van der Waals surface area contributed by atoms with E-state index >= 15 is 0 Å². The van der Waals surface area contributed by atoms with Crippen molar-refractivity contribution in [2.45, 2.75) is 32.6 Å². The van der Waals surface area contributed by atoms with Crippen molar-refractivity contribution in [2.75, 3.05) is 13.2 Å². The van der Waals surface area contributed by atoms with Crippen LogP contribution in [0.4, 0.5) is 13.2 Å². The van der Waals surface area contributed by atoms with Gasteiger partial charge in [0.15, 0.2) is 11.6 Å². The summed E-state index contributed by atoms with van der Waals surface area (Å²) < 4.78 is 54.5. The number of allylic oxidation sites excluding steroid dienone is 1. The quantitative estimate of drug-likeness (QED) is 0.312. The third-order valence-electron chi connectivity index (χ3n) is 6.50. The maximum absolute atomic E-state index is 14.8. The van der Waals surface area contributed by atoms with Gasteiger partial charge in [0.1, 0.15) is 11.6 Å². The zero-order valence-corrected chi connectivity index (χ0v) is 19.3. The summed E-state index contributed by atoms with van der Waals surface area (Å²) in [6.45, 7) is 6.41. The molecule has 5 heteroatoms. The molecule has 3 aromatic carbocycles. The molecule has 1 saturated carbocycles. The van der Waals surface area contributed by atoms with E-state index < -0.39 is 11.6 Å². The minimum Gasteiger partial charge on any atom is -0.493 e. The molecule has 178 valence electrons. The maximum atomic E-state index is 14.8. The van der Waals surface area contributed by atoms with Crippen LogP contribution in [0.2, 0.25) is 0 Å². The lowest BCUT2D eigenvalue weighted by Crippen LogP contribution is -2.19. The van der Waals surface area contributed by atoms with E-state index in [2.05, 4.69) is 6.58 Å². The van der Waals surface area contributed by atoms with Crippen LogP contribution in [0.25, 0.3) is 22.3 Å². The van der Waals surface area contributed by atoms with Crippen molar-refractivity contribution >= 4 is 0 Å². The maximum Gasteiger partial charge on any atom is 0.201 e. The molecule has 0 N–H and O–H groups in total. The molecule has 0 atom stereocenters. The zero-order chi connectivity index (χ0) is 24.1. The van der Waals surface area contributed by atoms with Gasteiger partial charge in [-0.05, 0) is 79.8 Å². The van der Waals surface area contributed by atoms with Gasteiger partial charge in [0.05, 0.1) is 13.2 Å². The Labute approximate surface area is 199 Å². The van der Waals surface area contributed by atoms with Crippen molar-refractivity contribution in [3.8, 4) is 33.8 Å². The molecule has 0 amide bonds. The number of benzene rings is 3. The van der Waals surface area contributed by atoms with Gasteiger partial charge in [-0.25, -0.2) is 8.78 Å². The molecule has 1 aliphatic carbocycles. The van der Waals surface area contributed by atoms with Crippen LogP contribution in [0.3, 0.4) is 0 Å². The Hall–Kier alpha value is -3.21. The Kier molecular flexibility index (Phi) is 7.61. The van der Waals surface area contributed by atoms with Crippen LogP contribution < -0.4 is 9.47 Å². The Bertz CT molecular complexity index is 1130. The molecule has 0 aromatic heterocycles. The van der Waals surface area contributed by atoms with E-state index in [0.29, 0.717) is 40.9 Å². The van der Waals surface area contributed by atoms with E-state index in [0.717, 1.165) is 25.7 Å². The van der Waals surface area contributed by atoms with E-state index in [-0.39, 0.29) is 23.7 Å². The SMILES string of the molecule is C=CC1CCC(COc2ccc(-c3ccc(-c4ccc(OCC)c(F)c4F)cc3)c(F)c2)CC1. The largest absolute Gasteiger partial charge is 0.493 e. The average molecular weight is 467 g/mol. The Morgan fingerprint density at radius 2 is 1.47 bits per heavy atom. The molecule has 3 aromatic rings.